The number of carbonyl (C=O) groups is 1. The van der Waals surface area contributed by atoms with Crippen molar-refractivity contribution < 1.29 is 9.90 Å². The fraction of sp³-hybridized carbons (Fsp3) is 0.333. The molecule has 4 heteroatoms. The molecule has 0 radical (unpaired) electrons. The van der Waals surface area contributed by atoms with Crippen molar-refractivity contribution in [2.45, 2.75) is 53.9 Å². The van der Waals surface area contributed by atoms with E-state index in [0.717, 1.165) is 5.57 Å². The van der Waals surface area contributed by atoms with Crippen LogP contribution in [0.4, 0.5) is 5.69 Å². The zero-order valence-corrected chi connectivity index (χ0v) is 19.8. The first-order valence-corrected chi connectivity index (χ1v) is 10.9. The van der Waals surface area contributed by atoms with E-state index in [2.05, 4.69) is 50.9 Å². The molecule has 2 rings (SSSR count). The zero-order chi connectivity index (χ0) is 23.0. The summed E-state index contributed by atoms with van der Waals surface area (Å²) in [4.78, 5) is 15.5. The molecule has 0 aliphatic heterocycles. The predicted octanol–water partition coefficient (Wildman–Crippen LogP) is 8.27. The van der Waals surface area contributed by atoms with Crippen molar-refractivity contribution in [3.63, 3.8) is 0 Å². The van der Waals surface area contributed by atoms with Crippen molar-refractivity contribution in [3.05, 3.63) is 87.5 Å². The van der Waals surface area contributed by atoms with Crippen LogP contribution in [0, 0.1) is 5.41 Å². The number of hydrogen-bond acceptors (Lipinski definition) is 2. The average Bonchev–Trinajstić information content (AvgIpc) is 2.67. The van der Waals surface area contributed by atoms with Crippen molar-refractivity contribution >= 4 is 29.5 Å². The standard InChI is InChI=1S/C27H32ClNO2/c1-19(11-14-24-21(3)10-7-16-27(24,4)5)8-6-9-20(2)15-17-29-25-18-22(28)12-13-23(25)26(30)31/h6,8-9,11-15,17-18H,7,10,16H2,1-5H3,(H,30,31)/b9-6+,14-11+,19-8+,20-15+,29-17?. The lowest BCUT2D eigenvalue weighted by Gasteiger charge is -2.32. The lowest BCUT2D eigenvalue weighted by Crippen LogP contribution is -2.19. The lowest BCUT2D eigenvalue weighted by atomic mass is 9.72. The molecule has 0 amide bonds. The minimum atomic E-state index is -1.03. The molecule has 164 valence electrons. The number of aliphatic imine (C=N–C) groups is 1. The minimum absolute atomic E-state index is 0.124. The van der Waals surface area contributed by atoms with Crippen LogP contribution in [0.1, 0.15) is 64.2 Å². The third kappa shape index (κ3) is 7.52. The van der Waals surface area contributed by atoms with Crippen LogP contribution in [-0.4, -0.2) is 17.3 Å². The van der Waals surface area contributed by atoms with E-state index in [1.807, 2.05) is 25.2 Å². The Balaban J connectivity index is 2.04. The first-order valence-electron chi connectivity index (χ1n) is 10.6. The van der Waals surface area contributed by atoms with Crippen LogP contribution in [0.5, 0.6) is 0 Å². The van der Waals surface area contributed by atoms with E-state index >= 15 is 0 Å². The van der Waals surface area contributed by atoms with Gasteiger partial charge in [-0.3, -0.25) is 4.99 Å². The molecular formula is C27H32ClNO2. The lowest BCUT2D eigenvalue weighted by molar-refractivity contribution is 0.0698. The molecule has 0 aromatic heterocycles. The number of rotatable bonds is 7. The summed E-state index contributed by atoms with van der Waals surface area (Å²) in [5.41, 5.74) is 5.86. The third-order valence-corrected chi connectivity index (χ3v) is 5.75. The van der Waals surface area contributed by atoms with Gasteiger partial charge in [0.2, 0.25) is 0 Å². The topological polar surface area (TPSA) is 49.7 Å². The second-order valence-electron chi connectivity index (χ2n) is 8.69. The van der Waals surface area contributed by atoms with Gasteiger partial charge in [-0.05, 0) is 80.9 Å². The molecule has 1 aliphatic rings. The van der Waals surface area contributed by atoms with Gasteiger partial charge in [-0.15, -0.1) is 0 Å². The van der Waals surface area contributed by atoms with Gasteiger partial charge in [0.1, 0.15) is 0 Å². The molecule has 0 heterocycles. The smallest absolute Gasteiger partial charge is 0.337 e. The van der Waals surface area contributed by atoms with Gasteiger partial charge in [-0.1, -0.05) is 67.0 Å². The van der Waals surface area contributed by atoms with Crippen LogP contribution >= 0.6 is 11.6 Å². The van der Waals surface area contributed by atoms with Crippen LogP contribution in [0.25, 0.3) is 0 Å². The summed E-state index contributed by atoms with van der Waals surface area (Å²) in [6.45, 7) is 11.0. The predicted molar refractivity (Wildman–Crippen MR) is 133 cm³/mol. The maximum absolute atomic E-state index is 11.3. The van der Waals surface area contributed by atoms with Gasteiger partial charge in [0.25, 0.3) is 0 Å². The van der Waals surface area contributed by atoms with Crippen molar-refractivity contribution in [2.75, 3.05) is 0 Å². The Morgan fingerprint density at radius 1 is 1.16 bits per heavy atom. The fourth-order valence-electron chi connectivity index (χ4n) is 3.72. The monoisotopic (exact) mass is 437 g/mol. The van der Waals surface area contributed by atoms with Crippen LogP contribution in [0.15, 0.2) is 81.9 Å². The van der Waals surface area contributed by atoms with Gasteiger partial charge < -0.3 is 5.11 Å². The Kier molecular flexibility index (Phi) is 8.82. The van der Waals surface area contributed by atoms with E-state index in [4.69, 9.17) is 11.6 Å². The highest BCUT2D eigenvalue weighted by Crippen LogP contribution is 2.40. The molecule has 1 aliphatic carbocycles. The van der Waals surface area contributed by atoms with Gasteiger partial charge >= 0.3 is 5.97 Å². The van der Waals surface area contributed by atoms with E-state index in [1.165, 1.54) is 42.0 Å². The quantitative estimate of drug-likeness (QED) is 0.344. The first kappa shape index (κ1) is 24.6. The zero-order valence-electron chi connectivity index (χ0n) is 19.1. The summed E-state index contributed by atoms with van der Waals surface area (Å²) < 4.78 is 0. The normalized spacial score (nSPS) is 18.0. The Morgan fingerprint density at radius 3 is 2.55 bits per heavy atom. The molecular weight excluding hydrogens is 406 g/mol. The number of nitrogens with zero attached hydrogens (tertiary/aromatic N) is 1. The summed E-state index contributed by atoms with van der Waals surface area (Å²) in [7, 11) is 0. The molecule has 0 spiro atoms. The van der Waals surface area contributed by atoms with E-state index < -0.39 is 5.97 Å². The van der Waals surface area contributed by atoms with Gasteiger partial charge in [-0.25, -0.2) is 4.79 Å². The average molecular weight is 438 g/mol. The molecule has 0 saturated carbocycles. The maximum atomic E-state index is 11.3. The summed E-state index contributed by atoms with van der Waals surface area (Å²) in [6, 6.07) is 4.55. The van der Waals surface area contributed by atoms with E-state index in [-0.39, 0.29) is 11.0 Å². The molecule has 0 unspecified atom stereocenters. The minimum Gasteiger partial charge on any atom is -0.478 e. The maximum Gasteiger partial charge on any atom is 0.337 e. The number of carboxylic acid groups (broad SMARTS) is 1. The molecule has 1 aromatic carbocycles. The first-order chi connectivity index (χ1) is 14.6. The molecule has 1 aromatic rings. The molecule has 0 atom stereocenters. The second-order valence-corrected chi connectivity index (χ2v) is 9.13. The summed E-state index contributed by atoms with van der Waals surface area (Å²) in [5, 5.41) is 9.70. The Hall–Kier alpha value is -2.65. The third-order valence-electron chi connectivity index (χ3n) is 5.51. The molecule has 0 bridgehead atoms. The molecule has 3 nitrogen and oxygen atoms in total. The van der Waals surface area contributed by atoms with Crippen molar-refractivity contribution in [3.8, 4) is 0 Å². The van der Waals surface area contributed by atoms with Gasteiger partial charge in [-0.2, -0.15) is 0 Å². The van der Waals surface area contributed by atoms with Crippen LogP contribution in [-0.2, 0) is 0 Å². The summed E-state index contributed by atoms with van der Waals surface area (Å²) >= 11 is 5.95. The molecule has 0 saturated heterocycles. The van der Waals surface area contributed by atoms with Crippen molar-refractivity contribution in [1.29, 1.82) is 0 Å². The highest BCUT2D eigenvalue weighted by atomic mass is 35.5. The number of carboxylic acids is 1. The Bertz CT molecular complexity index is 1000. The molecule has 31 heavy (non-hydrogen) atoms. The fourth-order valence-corrected chi connectivity index (χ4v) is 3.88. The SMILES string of the molecule is CC1=C(/C=C/C(C)=C/C=C/C(C)=C/C=Nc2cc(Cl)ccc2C(=O)O)C(C)(C)CCC1. The van der Waals surface area contributed by atoms with Crippen LogP contribution in [0.2, 0.25) is 5.02 Å². The van der Waals surface area contributed by atoms with E-state index in [1.54, 1.807) is 18.3 Å². The summed E-state index contributed by atoms with van der Waals surface area (Å²) in [6.07, 6.45) is 17.7. The van der Waals surface area contributed by atoms with E-state index in [9.17, 15) is 9.90 Å². The molecule has 0 fully saturated rings. The van der Waals surface area contributed by atoms with Crippen molar-refractivity contribution in [2.24, 2.45) is 10.4 Å². The number of benzene rings is 1. The van der Waals surface area contributed by atoms with E-state index in [0.29, 0.717) is 10.7 Å². The van der Waals surface area contributed by atoms with Crippen LogP contribution in [0.3, 0.4) is 0 Å². The number of allylic oxidation sites excluding steroid dienone is 10. The largest absolute Gasteiger partial charge is 0.478 e. The highest BCUT2D eigenvalue weighted by Gasteiger charge is 2.26. The van der Waals surface area contributed by atoms with Crippen LogP contribution < -0.4 is 0 Å². The van der Waals surface area contributed by atoms with Crippen molar-refractivity contribution in [1.82, 2.24) is 0 Å². The molecule has 1 N–H and O–H groups in total. The van der Waals surface area contributed by atoms with Gasteiger partial charge in [0, 0.05) is 11.2 Å². The highest BCUT2D eigenvalue weighted by molar-refractivity contribution is 6.31. The van der Waals surface area contributed by atoms with Gasteiger partial charge in [0.15, 0.2) is 0 Å². The number of hydrogen-bond donors (Lipinski definition) is 1. The summed E-state index contributed by atoms with van der Waals surface area (Å²) in [5.74, 6) is -1.03. The Morgan fingerprint density at radius 2 is 1.87 bits per heavy atom. The number of aromatic carboxylic acids is 1. The Labute approximate surface area is 191 Å². The van der Waals surface area contributed by atoms with Gasteiger partial charge in [0.05, 0.1) is 11.3 Å². The number of halogens is 1. The second kappa shape index (κ2) is 11.1.